The van der Waals surface area contributed by atoms with Crippen molar-refractivity contribution in [2.75, 3.05) is 5.32 Å². The molecular formula is C14H12ClF2N3O. The highest BCUT2D eigenvalue weighted by molar-refractivity contribution is 6.34. The second kappa shape index (κ2) is 6.99. The third-order valence-corrected chi connectivity index (χ3v) is 3.11. The number of carbonyl (C=O) groups excluding carboxylic acids is 1. The van der Waals surface area contributed by atoms with E-state index in [1.807, 2.05) is 0 Å². The van der Waals surface area contributed by atoms with Gasteiger partial charge in [-0.1, -0.05) is 29.8 Å². The van der Waals surface area contributed by atoms with Crippen molar-refractivity contribution in [3.63, 3.8) is 0 Å². The fourth-order valence-corrected chi connectivity index (χ4v) is 1.92. The quantitative estimate of drug-likeness (QED) is 0.897. The fourth-order valence-electron chi connectivity index (χ4n) is 1.67. The largest absolute Gasteiger partial charge is 0.334 e. The predicted molar refractivity (Wildman–Crippen MR) is 76.5 cm³/mol. The van der Waals surface area contributed by atoms with Gasteiger partial charge >= 0.3 is 6.03 Å². The van der Waals surface area contributed by atoms with Gasteiger partial charge in [-0.15, -0.1) is 0 Å². The molecule has 0 aliphatic rings. The summed E-state index contributed by atoms with van der Waals surface area (Å²) in [5.74, 6) is 0. The Kier molecular flexibility index (Phi) is 5.05. The minimum Gasteiger partial charge on any atom is -0.334 e. The second-order valence-corrected chi connectivity index (χ2v) is 4.56. The van der Waals surface area contributed by atoms with Crippen LogP contribution in [0.2, 0.25) is 5.02 Å². The molecule has 0 fully saturated rings. The van der Waals surface area contributed by atoms with Crippen LogP contribution >= 0.6 is 11.6 Å². The molecule has 7 heteroatoms. The molecule has 0 atom stereocenters. The van der Waals surface area contributed by atoms with Crippen molar-refractivity contribution in [2.45, 2.75) is 13.0 Å². The molecule has 1 aromatic carbocycles. The van der Waals surface area contributed by atoms with E-state index < -0.39 is 12.5 Å². The van der Waals surface area contributed by atoms with Crippen molar-refractivity contribution in [3.05, 3.63) is 58.9 Å². The number of amides is 2. The first-order valence-corrected chi connectivity index (χ1v) is 6.46. The molecule has 0 radical (unpaired) electrons. The third kappa shape index (κ3) is 4.13. The summed E-state index contributed by atoms with van der Waals surface area (Å²) in [6.45, 7) is 0.270. The summed E-state index contributed by atoms with van der Waals surface area (Å²) < 4.78 is 25.4. The summed E-state index contributed by atoms with van der Waals surface area (Å²) >= 11 is 5.83. The number of pyridine rings is 1. The Morgan fingerprint density at radius 1 is 1.29 bits per heavy atom. The van der Waals surface area contributed by atoms with Crippen LogP contribution in [0.25, 0.3) is 0 Å². The van der Waals surface area contributed by atoms with Gasteiger partial charge in [0, 0.05) is 24.5 Å². The van der Waals surface area contributed by atoms with E-state index in [4.69, 9.17) is 11.6 Å². The van der Waals surface area contributed by atoms with Crippen LogP contribution in [-0.4, -0.2) is 11.0 Å². The molecule has 0 saturated carbocycles. The predicted octanol–water partition coefficient (Wildman–Crippen LogP) is 3.99. The Labute approximate surface area is 125 Å². The third-order valence-electron chi connectivity index (χ3n) is 2.69. The van der Waals surface area contributed by atoms with E-state index in [0.717, 1.165) is 5.56 Å². The molecule has 0 aliphatic heterocycles. The van der Waals surface area contributed by atoms with Crippen molar-refractivity contribution < 1.29 is 13.6 Å². The van der Waals surface area contributed by atoms with Gasteiger partial charge < -0.3 is 10.6 Å². The van der Waals surface area contributed by atoms with Crippen LogP contribution in [0.1, 0.15) is 17.6 Å². The lowest BCUT2D eigenvalue weighted by Crippen LogP contribution is -2.28. The van der Waals surface area contributed by atoms with Gasteiger partial charge in [0.15, 0.2) is 0 Å². The maximum absolute atomic E-state index is 12.7. The van der Waals surface area contributed by atoms with Gasteiger partial charge in [-0.05, 0) is 17.7 Å². The van der Waals surface area contributed by atoms with Gasteiger partial charge in [0.2, 0.25) is 0 Å². The molecule has 0 unspecified atom stereocenters. The van der Waals surface area contributed by atoms with Crippen LogP contribution in [0.15, 0.2) is 42.7 Å². The number of nitrogens with zero attached hydrogens (tertiary/aromatic N) is 1. The average molecular weight is 312 g/mol. The summed E-state index contributed by atoms with van der Waals surface area (Å²) in [5, 5.41) is 4.86. The molecule has 0 bridgehead atoms. The number of benzene rings is 1. The normalized spacial score (nSPS) is 10.5. The van der Waals surface area contributed by atoms with Crippen LogP contribution in [0, 0.1) is 0 Å². The number of rotatable bonds is 4. The zero-order valence-corrected chi connectivity index (χ0v) is 11.6. The van der Waals surface area contributed by atoms with Gasteiger partial charge in [0.25, 0.3) is 6.43 Å². The van der Waals surface area contributed by atoms with Gasteiger partial charge in [0.05, 0.1) is 10.7 Å². The number of urea groups is 1. The van der Waals surface area contributed by atoms with E-state index in [1.54, 1.807) is 24.5 Å². The number of carbonyl (C=O) groups is 1. The molecule has 4 nitrogen and oxygen atoms in total. The lowest BCUT2D eigenvalue weighted by atomic mass is 10.2. The lowest BCUT2D eigenvalue weighted by Gasteiger charge is -2.11. The first-order chi connectivity index (χ1) is 10.1. The number of aromatic nitrogens is 1. The first-order valence-electron chi connectivity index (χ1n) is 6.08. The van der Waals surface area contributed by atoms with Crippen molar-refractivity contribution in [2.24, 2.45) is 0 Å². The maximum Gasteiger partial charge on any atom is 0.319 e. The topological polar surface area (TPSA) is 54.0 Å². The second-order valence-electron chi connectivity index (χ2n) is 4.18. The number of hydrogen-bond donors (Lipinski definition) is 2. The molecule has 21 heavy (non-hydrogen) atoms. The highest BCUT2D eigenvalue weighted by atomic mass is 35.5. The Morgan fingerprint density at radius 2 is 2.10 bits per heavy atom. The van der Waals surface area contributed by atoms with E-state index >= 15 is 0 Å². The van der Waals surface area contributed by atoms with Crippen LogP contribution < -0.4 is 10.6 Å². The Hall–Kier alpha value is -2.21. The van der Waals surface area contributed by atoms with E-state index in [2.05, 4.69) is 15.6 Å². The molecule has 2 amide bonds. The summed E-state index contributed by atoms with van der Waals surface area (Å²) in [6, 6.07) is 7.09. The summed E-state index contributed by atoms with van der Waals surface area (Å²) in [5.41, 5.74) is 0.639. The average Bonchev–Trinajstić information content (AvgIpc) is 2.48. The summed E-state index contributed by atoms with van der Waals surface area (Å²) in [7, 11) is 0. The monoisotopic (exact) mass is 311 g/mol. The van der Waals surface area contributed by atoms with Crippen LogP contribution in [0.4, 0.5) is 19.3 Å². The number of halogens is 3. The molecule has 1 aromatic heterocycles. The van der Waals surface area contributed by atoms with E-state index in [0.29, 0.717) is 0 Å². The Balaban J connectivity index is 1.98. The molecule has 2 rings (SSSR count). The standard InChI is InChI=1S/C14H12ClF2N3O/c15-12-10(13(16)17)4-1-5-11(12)20-14(21)19-8-9-3-2-6-18-7-9/h1-7,13H,8H2,(H2,19,20,21). The van der Waals surface area contributed by atoms with Crippen molar-refractivity contribution in [1.29, 1.82) is 0 Å². The van der Waals surface area contributed by atoms with Gasteiger partial charge in [-0.2, -0.15) is 0 Å². The Morgan fingerprint density at radius 3 is 2.76 bits per heavy atom. The molecular weight excluding hydrogens is 300 g/mol. The van der Waals surface area contributed by atoms with Gasteiger partial charge in [-0.25, -0.2) is 13.6 Å². The minimum absolute atomic E-state index is 0.137. The molecule has 110 valence electrons. The van der Waals surface area contributed by atoms with Gasteiger partial charge in [-0.3, -0.25) is 4.98 Å². The van der Waals surface area contributed by atoms with Gasteiger partial charge in [0.1, 0.15) is 0 Å². The smallest absolute Gasteiger partial charge is 0.319 e. The number of nitrogens with one attached hydrogen (secondary N) is 2. The Bertz CT molecular complexity index is 623. The fraction of sp³-hybridized carbons (Fsp3) is 0.143. The SMILES string of the molecule is O=C(NCc1cccnc1)Nc1cccc(C(F)F)c1Cl. The van der Waals surface area contributed by atoms with E-state index in [9.17, 15) is 13.6 Å². The van der Waals surface area contributed by atoms with E-state index in [-0.39, 0.29) is 22.8 Å². The zero-order valence-electron chi connectivity index (χ0n) is 10.8. The van der Waals surface area contributed by atoms with Crippen molar-refractivity contribution in [3.8, 4) is 0 Å². The molecule has 0 saturated heterocycles. The van der Waals surface area contributed by atoms with Crippen LogP contribution in [-0.2, 0) is 6.54 Å². The van der Waals surface area contributed by atoms with E-state index in [1.165, 1.54) is 18.2 Å². The zero-order chi connectivity index (χ0) is 15.2. The number of hydrogen-bond acceptors (Lipinski definition) is 2. The summed E-state index contributed by atoms with van der Waals surface area (Å²) in [4.78, 5) is 15.6. The molecule has 2 aromatic rings. The highest BCUT2D eigenvalue weighted by Gasteiger charge is 2.15. The molecule has 0 spiro atoms. The number of anilines is 1. The maximum atomic E-state index is 12.7. The molecule has 2 N–H and O–H groups in total. The summed E-state index contributed by atoms with van der Waals surface area (Å²) in [6.07, 6.45) is 0.543. The lowest BCUT2D eigenvalue weighted by molar-refractivity contribution is 0.151. The van der Waals surface area contributed by atoms with Crippen molar-refractivity contribution in [1.82, 2.24) is 10.3 Å². The molecule has 0 aliphatic carbocycles. The van der Waals surface area contributed by atoms with Crippen LogP contribution in [0.3, 0.4) is 0 Å². The minimum atomic E-state index is -2.70. The van der Waals surface area contributed by atoms with Crippen LogP contribution in [0.5, 0.6) is 0 Å². The first kappa shape index (κ1) is 15.2. The van der Waals surface area contributed by atoms with Crippen molar-refractivity contribution >= 4 is 23.3 Å². The number of alkyl halides is 2. The highest BCUT2D eigenvalue weighted by Crippen LogP contribution is 2.32. The molecule has 1 heterocycles.